The standard InChI is InChI=1S/C25H28F3N3O3/c1-16-4-6-19-7-8-20(30-11-10-29(3)17(2)14-30)15-31(19)24(33)13-21(16)18-5-9-22(32)23(12-18)34-25(26,27)28/h5-9,12-13,15-17,32H,4,10-11,14H2,1-3H3. The maximum absolute atomic E-state index is 13.3. The topological polar surface area (TPSA) is 56.2 Å². The quantitative estimate of drug-likeness (QED) is 0.699. The van der Waals surface area contributed by atoms with Crippen molar-refractivity contribution >= 4 is 11.5 Å². The zero-order valence-electron chi connectivity index (χ0n) is 19.3. The lowest BCUT2D eigenvalue weighted by atomic mass is 9.89. The fraction of sp³-hybridized carbons (Fsp3) is 0.400. The fourth-order valence-electron chi connectivity index (χ4n) is 4.37. The number of amides is 1. The van der Waals surface area contributed by atoms with Crippen molar-refractivity contribution in [3.8, 4) is 11.5 Å². The first-order valence-corrected chi connectivity index (χ1v) is 11.2. The molecule has 1 N–H and O–H groups in total. The average molecular weight is 476 g/mol. The molecule has 0 radical (unpaired) electrons. The van der Waals surface area contributed by atoms with Crippen LogP contribution in [0.1, 0.15) is 25.8 Å². The molecule has 0 aliphatic carbocycles. The molecule has 0 bridgehead atoms. The van der Waals surface area contributed by atoms with E-state index in [4.69, 9.17) is 0 Å². The molecule has 1 amide bonds. The molecule has 34 heavy (non-hydrogen) atoms. The molecule has 3 aliphatic heterocycles. The molecule has 2 atom stereocenters. The van der Waals surface area contributed by atoms with Crippen molar-refractivity contribution in [2.24, 2.45) is 5.92 Å². The van der Waals surface area contributed by atoms with Crippen LogP contribution in [-0.2, 0) is 4.79 Å². The van der Waals surface area contributed by atoms with Gasteiger partial charge in [0, 0.05) is 43.6 Å². The van der Waals surface area contributed by atoms with Crippen LogP contribution in [0.3, 0.4) is 0 Å². The average Bonchev–Trinajstić information content (AvgIpc) is 2.77. The predicted octanol–water partition coefficient (Wildman–Crippen LogP) is 4.47. The molecule has 0 aromatic heterocycles. The number of aromatic hydroxyl groups is 1. The van der Waals surface area contributed by atoms with E-state index in [-0.39, 0.29) is 11.8 Å². The van der Waals surface area contributed by atoms with Gasteiger partial charge in [0.15, 0.2) is 11.5 Å². The van der Waals surface area contributed by atoms with E-state index in [9.17, 15) is 23.1 Å². The number of phenolic OH excluding ortho intramolecular Hbond substituents is 1. The number of ether oxygens (including phenoxy) is 1. The SMILES string of the molecule is CC1CC=C2C=CC(N3CCN(C)C(C)C3)=CN2C(=O)C=C1c1ccc(O)c(OC(F)(F)F)c1. The van der Waals surface area contributed by atoms with Gasteiger partial charge in [-0.2, -0.15) is 0 Å². The predicted molar refractivity (Wildman–Crippen MR) is 122 cm³/mol. The maximum atomic E-state index is 13.3. The van der Waals surface area contributed by atoms with Gasteiger partial charge in [0.1, 0.15) is 0 Å². The molecular weight excluding hydrogens is 447 g/mol. The highest BCUT2D eigenvalue weighted by Crippen LogP contribution is 2.37. The number of rotatable bonds is 3. The van der Waals surface area contributed by atoms with E-state index in [2.05, 4.69) is 28.5 Å². The lowest BCUT2D eigenvalue weighted by molar-refractivity contribution is -0.275. The molecule has 2 unspecified atom stereocenters. The molecule has 1 fully saturated rings. The van der Waals surface area contributed by atoms with E-state index < -0.39 is 17.9 Å². The Bertz CT molecular complexity index is 1090. The molecule has 6 nitrogen and oxygen atoms in total. The van der Waals surface area contributed by atoms with Gasteiger partial charge in [-0.1, -0.05) is 19.1 Å². The number of piperazine rings is 1. The molecule has 0 saturated carbocycles. The lowest BCUT2D eigenvalue weighted by Gasteiger charge is -2.40. The van der Waals surface area contributed by atoms with Crippen LogP contribution in [0.5, 0.6) is 11.5 Å². The monoisotopic (exact) mass is 475 g/mol. The Morgan fingerprint density at radius 3 is 2.56 bits per heavy atom. The highest BCUT2D eigenvalue weighted by molar-refractivity contribution is 5.98. The van der Waals surface area contributed by atoms with Crippen LogP contribution >= 0.6 is 0 Å². The number of phenols is 1. The van der Waals surface area contributed by atoms with E-state index in [1.807, 2.05) is 31.4 Å². The molecule has 182 valence electrons. The van der Waals surface area contributed by atoms with Gasteiger partial charge in [0.2, 0.25) is 0 Å². The van der Waals surface area contributed by atoms with Crippen LogP contribution < -0.4 is 4.74 Å². The van der Waals surface area contributed by atoms with Crippen LogP contribution in [0.4, 0.5) is 13.2 Å². The largest absolute Gasteiger partial charge is 0.573 e. The van der Waals surface area contributed by atoms with Crippen LogP contribution in [-0.4, -0.2) is 64.8 Å². The second-order valence-corrected chi connectivity index (χ2v) is 8.97. The van der Waals surface area contributed by atoms with Gasteiger partial charge >= 0.3 is 6.36 Å². The summed E-state index contributed by atoms with van der Waals surface area (Å²) in [5.41, 5.74) is 2.67. The summed E-state index contributed by atoms with van der Waals surface area (Å²) in [5.74, 6) is -1.75. The maximum Gasteiger partial charge on any atom is 0.573 e. The van der Waals surface area contributed by atoms with Crippen LogP contribution in [0.15, 0.2) is 60.1 Å². The van der Waals surface area contributed by atoms with E-state index in [1.165, 1.54) is 12.1 Å². The Hall–Kier alpha value is -3.20. The zero-order valence-corrected chi connectivity index (χ0v) is 19.3. The van der Waals surface area contributed by atoms with Gasteiger partial charge in [-0.15, -0.1) is 13.2 Å². The number of alkyl halides is 3. The Morgan fingerprint density at radius 1 is 1.12 bits per heavy atom. The first kappa shape index (κ1) is 23.9. The van der Waals surface area contributed by atoms with Gasteiger partial charge in [0.25, 0.3) is 5.91 Å². The number of benzene rings is 1. The van der Waals surface area contributed by atoms with Crippen molar-refractivity contribution in [2.45, 2.75) is 32.7 Å². The Labute approximate surface area is 196 Å². The summed E-state index contributed by atoms with van der Waals surface area (Å²) in [6, 6.07) is 4.14. The number of fused-ring (bicyclic) bond motifs is 1. The first-order chi connectivity index (χ1) is 16.0. The van der Waals surface area contributed by atoms with E-state index >= 15 is 0 Å². The van der Waals surface area contributed by atoms with E-state index in [0.29, 0.717) is 23.6 Å². The summed E-state index contributed by atoms with van der Waals surface area (Å²) in [7, 11) is 2.09. The number of nitrogens with zero attached hydrogens (tertiary/aromatic N) is 3. The number of likely N-dealkylation sites (N-methyl/N-ethyl adjacent to an activating group) is 1. The Kier molecular flexibility index (Phi) is 6.49. The smallest absolute Gasteiger partial charge is 0.504 e. The zero-order chi connectivity index (χ0) is 24.6. The minimum atomic E-state index is -4.94. The van der Waals surface area contributed by atoms with Crippen molar-refractivity contribution in [1.82, 2.24) is 14.7 Å². The number of carbonyl (C=O) groups is 1. The summed E-state index contributed by atoms with van der Waals surface area (Å²) in [6.07, 6.45) is 4.84. The molecular formula is C25H28F3N3O3. The molecule has 3 aliphatic rings. The molecule has 1 saturated heterocycles. The minimum absolute atomic E-state index is 0.140. The van der Waals surface area contributed by atoms with E-state index in [1.54, 1.807) is 4.90 Å². The van der Waals surface area contributed by atoms with Gasteiger partial charge in [0.05, 0.1) is 5.70 Å². The summed E-state index contributed by atoms with van der Waals surface area (Å²) in [6.45, 7) is 6.69. The molecule has 3 heterocycles. The summed E-state index contributed by atoms with van der Waals surface area (Å²) >= 11 is 0. The fourth-order valence-corrected chi connectivity index (χ4v) is 4.37. The van der Waals surface area contributed by atoms with Crippen molar-refractivity contribution in [1.29, 1.82) is 0 Å². The number of allylic oxidation sites excluding steroid dienone is 4. The van der Waals surface area contributed by atoms with Crippen LogP contribution in [0, 0.1) is 5.92 Å². The van der Waals surface area contributed by atoms with Gasteiger partial charge in [-0.25, -0.2) is 0 Å². The number of hydrogen-bond donors (Lipinski definition) is 1. The van der Waals surface area contributed by atoms with Crippen LogP contribution in [0.2, 0.25) is 0 Å². The van der Waals surface area contributed by atoms with Crippen molar-refractivity contribution in [3.05, 3.63) is 65.7 Å². The number of hydrogen-bond acceptors (Lipinski definition) is 5. The summed E-state index contributed by atoms with van der Waals surface area (Å²) in [5, 5.41) is 9.81. The van der Waals surface area contributed by atoms with Gasteiger partial charge < -0.3 is 19.6 Å². The number of carbonyl (C=O) groups excluding carboxylic acids is 1. The van der Waals surface area contributed by atoms with Gasteiger partial charge in [-0.3, -0.25) is 9.69 Å². The Morgan fingerprint density at radius 2 is 1.85 bits per heavy atom. The van der Waals surface area contributed by atoms with Crippen molar-refractivity contribution in [3.63, 3.8) is 0 Å². The van der Waals surface area contributed by atoms with Gasteiger partial charge in [-0.05, 0) is 61.7 Å². The normalized spacial score (nSPS) is 24.1. The third-order valence-corrected chi connectivity index (χ3v) is 6.54. The highest BCUT2D eigenvalue weighted by atomic mass is 19.4. The van der Waals surface area contributed by atoms with E-state index in [0.717, 1.165) is 43.2 Å². The molecule has 9 heteroatoms. The van der Waals surface area contributed by atoms with Crippen molar-refractivity contribution in [2.75, 3.05) is 26.7 Å². The summed E-state index contributed by atoms with van der Waals surface area (Å²) < 4.78 is 42.2. The van der Waals surface area contributed by atoms with Crippen LogP contribution in [0.25, 0.3) is 5.57 Å². The molecule has 1 aromatic rings. The molecule has 1 aromatic carbocycles. The van der Waals surface area contributed by atoms with Crippen molar-refractivity contribution < 1.29 is 27.8 Å². The minimum Gasteiger partial charge on any atom is -0.504 e. The Balaban J connectivity index is 1.64. The second kappa shape index (κ2) is 9.21. The molecule has 0 spiro atoms. The number of halogens is 3. The highest BCUT2D eigenvalue weighted by Gasteiger charge is 2.33. The second-order valence-electron chi connectivity index (χ2n) is 8.97. The third-order valence-electron chi connectivity index (χ3n) is 6.54. The third kappa shape index (κ3) is 5.14. The summed E-state index contributed by atoms with van der Waals surface area (Å²) in [4.78, 5) is 19.4. The lowest BCUT2D eigenvalue weighted by Crippen LogP contribution is -2.49. The molecule has 4 rings (SSSR count). The first-order valence-electron chi connectivity index (χ1n) is 11.2.